The molecule has 1 aliphatic rings. The van der Waals surface area contributed by atoms with E-state index in [1.807, 2.05) is 38.1 Å². The number of anilines is 1. The van der Waals surface area contributed by atoms with Crippen LogP contribution in [0.4, 0.5) is 5.69 Å². The standard InChI is InChI=1S/C28H47N5O6/c1-19(2)20(26(36)31-18-28(3,4)27(30)37)15-23(34)21(29)16-32-11-12-33(25(35)17-32)22-9-6-7-10-24(22)39-14-8-13-38-5/h6-7,9-10,19-21,23,34H,8,11-18,29H2,1-5H3,(H2,30,37)(H,31,36)/p+2/t20-,21-,23-/m0/s1. The Morgan fingerprint density at radius 1 is 1.26 bits per heavy atom. The Morgan fingerprint density at radius 3 is 2.56 bits per heavy atom. The third-order valence-corrected chi connectivity index (χ3v) is 7.40. The van der Waals surface area contributed by atoms with Crippen LogP contribution in [-0.4, -0.2) is 88.0 Å². The predicted molar refractivity (Wildman–Crippen MR) is 148 cm³/mol. The Hall–Kier alpha value is -2.73. The Labute approximate surface area is 232 Å². The number of nitrogens with one attached hydrogen (secondary N) is 2. The molecule has 1 heterocycles. The molecule has 3 amide bonds. The van der Waals surface area contributed by atoms with E-state index < -0.39 is 23.3 Å². The summed E-state index contributed by atoms with van der Waals surface area (Å²) in [6.07, 6.45) is 0.193. The van der Waals surface area contributed by atoms with Gasteiger partial charge in [0.05, 0.1) is 30.8 Å². The number of piperazine rings is 1. The van der Waals surface area contributed by atoms with Gasteiger partial charge in [0.15, 0.2) is 12.6 Å². The summed E-state index contributed by atoms with van der Waals surface area (Å²) >= 11 is 0. The van der Waals surface area contributed by atoms with E-state index >= 15 is 0 Å². The van der Waals surface area contributed by atoms with Gasteiger partial charge in [-0.15, -0.1) is 0 Å². The van der Waals surface area contributed by atoms with Crippen molar-refractivity contribution in [2.75, 3.05) is 57.9 Å². The zero-order chi connectivity index (χ0) is 29.2. The highest BCUT2D eigenvalue weighted by Gasteiger charge is 2.36. The number of methoxy groups -OCH3 is 1. The number of nitrogens with two attached hydrogens (primary N) is 1. The summed E-state index contributed by atoms with van der Waals surface area (Å²) in [5.74, 6) is -0.502. The molecule has 1 aromatic carbocycles. The number of para-hydroxylation sites is 2. The Morgan fingerprint density at radius 2 is 1.95 bits per heavy atom. The second kappa shape index (κ2) is 15.2. The van der Waals surface area contributed by atoms with Crippen LogP contribution >= 0.6 is 0 Å². The van der Waals surface area contributed by atoms with E-state index in [2.05, 4.69) is 11.1 Å². The molecule has 4 atom stereocenters. The first-order valence-electron chi connectivity index (χ1n) is 13.8. The average Bonchev–Trinajstić information content (AvgIpc) is 2.88. The van der Waals surface area contributed by atoms with Gasteiger partial charge in [0.1, 0.15) is 18.4 Å². The molecule has 1 saturated heterocycles. The molecule has 1 fully saturated rings. The van der Waals surface area contributed by atoms with Crippen molar-refractivity contribution >= 4 is 23.4 Å². The van der Waals surface area contributed by atoms with Crippen LogP contribution < -0.4 is 31.3 Å². The second-order valence-corrected chi connectivity index (χ2v) is 11.5. The number of quaternary nitrogens is 2. The minimum Gasteiger partial charge on any atom is -0.491 e. The minimum absolute atomic E-state index is 0.0117. The summed E-state index contributed by atoms with van der Waals surface area (Å²) in [4.78, 5) is 40.4. The topological polar surface area (TPSA) is 163 Å². The molecule has 8 N–H and O–H groups in total. The number of nitrogens with zero attached hydrogens (tertiary/aromatic N) is 1. The van der Waals surface area contributed by atoms with E-state index in [0.717, 1.165) is 17.0 Å². The largest absolute Gasteiger partial charge is 0.491 e. The molecule has 1 aromatic rings. The highest BCUT2D eigenvalue weighted by Crippen LogP contribution is 2.28. The molecular formula is C28H49N5O6+2. The summed E-state index contributed by atoms with van der Waals surface area (Å²) in [5.41, 5.74) is 9.47. The lowest BCUT2D eigenvalue weighted by atomic mass is 9.86. The number of primary amides is 1. The van der Waals surface area contributed by atoms with Crippen molar-refractivity contribution in [1.29, 1.82) is 0 Å². The summed E-state index contributed by atoms with van der Waals surface area (Å²) in [7, 11) is 1.65. The summed E-state index contributed by atoms with van der Waals surface area (Å²) in [6.45, 7) is 10.5. The highest BCUT2D eigenvalue weighted by atomic mass is 16.5. The normalized spacial score (nSPS) is 18.5. The molecule has 0 bridgehead atoms. The number of rotatable bonds is 16. The first-order chi connectivity index (χ1) is 18.4. The Balaban J connectivity index is 1.92. The fourth-order valence-electron chi connectivity index (χ4n) is 4.58. The van der Waals surface area contributed by atoms with E-state index in [0.29, 0.717) is 38.6 Å². The van der Waals surface area contributed by atoms with Gasteiger partial charge < -0.3 is 36.3 Å². The predicted octanol–water partition coefficient (Wildman–Crippen LogP) is -1.41. The number of aliphatic hydroxyl groups excluding tert-OH is 1. The van der Waals surface area contributed by atoms with Crippen LogP contribution in [0, 0.1) is 17.3 Å². The van der Waals surface area contributed by atoms with E-state index in [1.54, 1.807) is 25.9 Å². The SMILES string of the molecule is COCCCOc1ccccc1N1CC[NH+](C[C@H]([NH3+])[C@@H](O)C[C@H](C(=O)NCC(C)(C)C(N)=O)C(C)C)CC1=O. The number of amides is 3. The van der Waals surface area contributed by atoms with Crippen LogP contribution in [0.15, 0.2) is 24.3 Å². The number of ether oxygens (including phenoxy) is 2. The Kier molecular flexibility index (Phi) is 12.6. The van der Waals surface area contributed by atoms with E-state index in [4.69, 9.17) is 15.2 Å². The molecule has 11 heteroatoms. The lowest BCUT2D eigenvalue weighted by Crippen LogP contribution is -3.17. The molecule has 220 valence electrons. The number of carbonyl (C=O) groups excluding carboxylic acids is 3. The smallest absolute Gasteiger partial charge is 0.282 e. The molecule has 2 rings (SSSR count). The number of aliphatic hydroxyl groups is 1. The maximum absolute atomic E-state index is 13.1. The molecule has 0 aliphatic carbocycles. The van der Waals surface area contributed by atoms with Gasteiger partial charge in [-0.25, -0.2) is 0 Å². The van der Waals surface area contributed by atoms with E-state index in [-0.39, 0.29) is 43.3 Å². The fourth-order valence-corrected chi connectivity index (χ4v) is 4.58. The van der Waals surface area contributed by atoms with Crippen molar-refractivity contribution in [2.24, 2.45) is 23.0 Å². The van der Waals surface area contributed by atoms with Crippen molar-refractivity contribution in [2.45, 2.75) is 52.7 Å². The van der Waals surface area contributed by atoms with Gasteiger partial charge in [-0.3, -0.25) is 19.3 Å². The van der Waals surface area contributed by atoms with Crippen LogP contribution in [0.1, 0.15) is 40.5 Å². The van der Waals surface area contributed by atoms with E-state index in [9.17, 15) is 19.5 Å². The maximum Gasteiger partial charge on any atom is 0.282 e. The molecule has 1 unspecified atom stereocenters. The number of hydrogen-bond acceptors (Lipinski definition) is 6. The maximum atomic E-state index is 13.1. The molecule has 1 aliphatic heterocycles. The summed E-state index contributed by atoms with van der Waals surface area (Å²) < 4.78 is 11.0. The van der Waals surface area contributed by atoms with Crippen LogP contribution in [0.5, 0.6) is 5.75 Å². The summed E-state index contributed by atoms with van der Waals surface area (Å²) in [5, 5.41) is 13.8. The molecular weight excluding hydrogens is 502 g/mol. The average molecular weight is 552 g/mol. The lowest BCUT2D eigenvalue weighted by molar-refractivity contribution is -0.902. The van der Waals surface area contributed by atoms with Crippen molar-refractivity contribution in [1.82, 2.24) is 5.32 Å². The van der Waals surface area contributed by atoms with Crippen LogP contribution in [-0.2, 0) is 19.1 Å². The van der Waals surface area contributed by atoms with Gasteiger partial charge in [-0.2, -0.15) is 0 Å². The summed E-state index contributed by atoms with van der Waals surface area (Å²) in [6, 6.07) is 7.19. The van der Waals surface area contributed by atoms with Gasteiger partial charge >= 0.3 is 0 Å². The molecule has 0 radical (unpaired) electrons. The number of hydrogen-bond donors (Lipinski definition) is 5. The van der Waals surface area contributed by atoms with Crippen LogP contribution in [0.2, 0.25) is 0 Å². The third kappa shape index (κ3) is 9.75. The van der Waals surface area contributed by atoms with E-state index in [1.165, 1.54) is 0 Å². The van der Waals surface area contributed by atoms with Crippen LogP contribution in [0.3, 0.4) is 0 Å². The highest BCUT2D eigenvalue weighted by molar-refractivity contribution is 5.96. The van der Waals surface area contributed by atoms with Gasteiger partial charge in [0, 0.05) is 32.6 Å². The molecule has 11 nitrogen and oxygen atoms in total. The second-order valence-electron chi connectivity index (χ2n) is 11.5. The lowest BCUT2D eigenvalue weighted by Gasteiger charge is -2.34. The zero-order valence-corrected chi connectivity index (χ0v) is 24.2. The van der Waals surface area contributed by atoms with Gasteiger partial charge in [0.25, 0.3) is 5.91 Å². The quantitative estimate of drug-likeness (QED) is 0.159. The zero-order valence-electron chi connectivity index (χ0n) is 24.2. The molecule has 0 saturated carbocycles. The fraction of sp³-hybridized carbons (Fsp3) is 0.679. The monoisotopic (exact) mass is 551 g/mol. The van der Waals surface area contributed by atoms with Crippen LogP contribution in [0.25, 0.3) is 0 Å². The van der Waals surface area contributed by atoms with Gasteiger partial charge in [-0.05, 0) is 38.3 Å². The molecule has 0 aromatic heterocycles. The van der Waals surface area contributed by atoms with Crippen molar-refractivity contribution < 1.29 is 39.6 Å². The minimum atomic E-state index is -0.862. The van der Waals surface area contributed by atoms with Crippen molar-refractivity contribution in [3.05, 3.63) is 24.3 Å². The van der Waals surface area contributed by atoms with Crippen molar-refractivity contribution in [3.8, 4) is 5.75 Å². The first-order valence-corrected chi connectivity index (χ1v) is 13.8. The van der Waals surface area contributed by atoms with Gasteiger partial charge in [-0.1, -0.05) is 26.0 Å². The van der Waals surface area contributed by atoms with Crippen molar-refractivity contribution in [3.63, 3.8) is 0 Å². The number of carbonyl (C=O) groups is 3. The molecule has 0 spiro atoms. The van der Waals surface area contributed by atoms with Gasteiger partial charge in [0.2, 0.25) is 11.8 Å². The third-order valence-electron chi connectivity index (χ3n) is 7.40. The molecule has 39 heavy (non-hydrogen) atoms. The number of benzene rings is 1. The Bertz CT molecular complexity index is 956. The first kappa shape index (κ1) is 32.5.